The number of nitro benzene ring substituents is 1. The topological polar surface area (TPSA) is 112 Å². The van der Waals surface area contributed by atoms with Crippen LogP contribution in [-0.2, 0) is 11.4 Å². The van der Waals surface area contributed by atoms with Gasteiger partial charge >= 0.3 is 0 Å². The van der Waals surface area contributed by atoms with Crippen molar-refractivity contribution >= 4 is 39.8 Å². The Morgan fingerprint density at radius 2 is 1.65 bits per heavy atom. The molecular formula is C27H21N5O4S. The van der Waals surface area contributed by atoms with Gasteiger partial charge in [-0.15, -0.1) is 10.2 Å². The summed E-state index contributed by atoms with van der Waals surface area (Å²) in [4.78, 5) is 23.3. The van der Waals surface area contributed by atoms with Crippen LogP contribution in [0, 0.1) is 10.1 Å². The molecule has 0 aliphatic rings. The number of amides is 1. The van der Waals surface area contributed by atoms with Gasteiger partial charge in [-0.2, -0.15) is 0 Å². The third-order valence-corrected chi connectivity index (χ3v) is 6.46. The maximum Gasteiger partial charge on any atom is 0.292 e. The molecule has 0 spiro atoms. The maximum absolute atomic E-state index is 12.6. The first-order chi connectivity index (χ1) is 18.1. The maximum atomic E-state index is 12.6. The first-order valence-electron chi connectivity index (χ1n) is 11.4. The van der Waals surface area contributed by atoms with Gasteiger partial charge in [0.25, 0.3) is 5.69 Å². The molecule has 10 heteroatoms. The van der Waals surface area contributed by atoms with Crippen LogP contribution in [0.5, 0.6) is 5.75 Å². The summed E-state index contributed by atoms with van der Waals surface area (Å²) in [6.07, 6.45) is 0. The summed E-state index contributed by atoms with van der Waals surface area (Å²) in [6, 6.07) is 29.4. The van der Waals surface area contributed by atoms with Crippen LogP contribution in [0.15, 0.2) is 102 Å². The Bertz CT molecular complexity index is 1570. The number of nitrogens with zero attached hydrogens (tertiary/aromatic N) is 4. The summed E-state index contributed by atoms with van der Waals surface area (Å²) in [5.41, 5.74) is 0.804. The molecule has 0 unspecified atom stereocenters. The van der Waals surface area contributed by atoms with E-state index < -0.39 is 10.8 Å². The molecule has 4 aromatic carbocycles. The smallest absolute Gasteiger partial charge is 0.292 e. The van der Waals surface area contributed by atoms with E-state index in [-0.39, 0.29) is 23.7 Å². The lowest BCUT2D eigenvalue weighted by atomic mass is 10.1. The van der Waals surface area contributed by atoms with E-state index in [0.29, 0.717) is 11.0 Å². The van der Waals surface area contributed by atoms with Crippen molar-refractivity contribution in [1.82, 2.24) is 14.8 Å². The van der Waals surface area contributed by atoms with Crippen LogP contribution in [0.2, 0.25) is 0 Å². The van der Waals surface area contributed by atoms with E-state index in [1.165, 1.54) is 23.9 Å². The molecular weight excluding hydrogens is 490 g/mol. The zero-order chi connectivity index (χ0) is 25.6. The first-order valence-corrected chi connectivity index (χ1v) is 12.3. The molecule has 37 heavy (non-hydrogen) atoms. The van der Waals surface area contributed by atoms with E-state index in [9.17, 15) is 14.9 Å². The Labute approximate surface area is 216 Å². The Morgan fingerprint density at radius 1 is 0.919 bits per heavy atom. The second kappa shape index (κ2) is 10.9. The fourth-order valence-corrected chi connectivity index (χ4v) is 4.61. The molecule has 9 nitrogen and oxygen atoms in total. The summed E-state index contributed by atoms with van der Waals surface area (Å²) in [7, 11) is 0. The lowest BCUT2D eigenvalue weighted by molar-refractivity contribution is -0.383. The lowest BCUT2D eigenvalue weighted by Crippen LogP contribution is -2.15. The Hall–Kier alpha value is -4.70. The molecule has 0 aliphatic heterocycles. The minimum absolute atomic E-state index is 0.0127. The van der Waals surface area contributed by atoms with Gasteiger partial charge in [-0.25, -0.2) is 0 Å². The van der Waals surface area contributed by atoms with Crippen molar-refractivity contribution in [3.05, 3.63) is 113 Å². The van der Waals surface area contributed by atoms with Gasteiger partial charge in [0.15, 0.2) is 11.0 Å². The molecule has 184 valence electrons. The quantitative estimate of drug-likeness (QED) is 0.155. The number of thioether (sulfide) groups is 1. The van der Waals surface area contributed by atoms with Crippen LogP contribution in [-0.4, -0.2) is 31.3 Å². The van der Waals surface area contributed by atoms with Gasteiger partial charge in [-0.05, 0) is 29.7 Å². The number of para-hydroxylation sites is 3. The van der Waals surface area contributed by atoms with E-state index in [4.69, 9.17) is 4.74 Å². The van der Waals surface area contributed by atoms with Gasteiger partial charge in [-0.1, -0.05) is 78.5 Å². The number of anilines is 1. The van der Waals surface area contributed by atoms with E-state index in [0.717, 1.165) is 22.2 Å². The van der Waals surface area contributed by atoms with Crippen molar-refractivity contribution in [2.45, 2.75) is 11.8 Å². The van der Waals surface area contributed by atoms with Crippen molar-refractivity contribution < 1.29 is 14.5 Å². The molecule has 0 fully saturated rings. The lowest BCUT2D eigenvalue weighted by Gasteiger charge is -2.12. The molecule has 0 bridgehead atoms. The van der Waals surface area contributed by atoms with Gasteiger partial charge in [0.05, 0.1) is 10.7 Å². The number of nitrogens with one attached hydrogen (secondary N) is 1. The van der Waals surface area contributed by atoms with Gasteiger partial charge in [0.2, 0.25) is 5.91 Å². The summed E-state index contributed by atoms with van der Waals surface area (Å²) in [5.74, 6) is 0.899. The number of aromatic nitrogens is 3. The number of carbonyl (C=O) groups is 1. The summed E-state index contributed by atoms with van der Waals surface area (Å²) in [5, 5.41) is 25.1. The number of hydrogen-bond donors (Lipinski definition) is 1. The Kier molecular flexibility index (Phi) is 7.09. The first kappa shape index (κ1) is 24.0. The van der Waals surface area contributed by atoms with Crippen molar-refractivity contribution in [3.8, 4) is 11.4 Å². The molecule has 0 atom stereocenters. The highest BCUT2D eigenvalue weighted by atomic mass is 32.2. The number of ether oxygens (including phenoxy) is 1. The fourth-order valence-electron chi connectivity index (χ4n) is 3.84. The predicted molar refractivity (Wildman–Crippen MR) is 142 cm³/mol. The second-order valence-electron chi connectivity index (χ2n) is 7.95. The van der Waals surface area contributed by atoms with E-state index in [2.05, 4.69) is 15.5 Å². The fraction of sp³-hybridized carbons (Fsp3) is 0.0741. The number of carbonyl (C=O) groups excluding carboxylic acids is 1. The van der Waals surface area contributed by atoms with Gasteiger partial charge in [-0.3, -0.25) is 19.5 Å². The van der Waals surface area contributed by atoms with Crippen LogP contribution >= 0.6 is 11.8 Å². The average molecular weight is 512 g/mol. The van der Waals surface area contributed by atoms with Crippen LogP contribution < -0.4 is 10.1 Å². The number of nitro groups is 1. The number of hydrogen-bond acceptors (Lipinski definition) is 7. The largest absolute Gasteiger partial charge is 0.485 e. The van der Waals surface area contributed by atoms with Crippen LogP contribution in [0.1, 0.15) is 5.82 Å². The summed E-state index contributed by atoms with van der Waals surface area (Å²) in [6.45, 7) is 0.166. The highest BCUT2D eigenvalue weighted by molar-refractivity contribution is 7.99. The molecule has 1 N–H and O–H groups in total. The minimum Gasteiger partial charge on any atom is -0.485 e. The van der Waals surface area contributed by atoms with Gasteiger partial charge in [0, 0.05) is 17.1 Å². The van der Waals surface area contributed by atoms with Crippen LogP contribution in [0.4, 0.5) is 11.4 Å². The highest BCUT2D eigenvalue weighted by Gasteiger charge is 2.19. The van der Waals surface area contributed by atoms with E-state index in [1.54, 1.807) is 12.1 Å². The molecule has 0 saturated heterocycles. The second-order valence-corrected chi connectivity index (χ2v) is 8.89. The SMILES string of the molecule is O=C(CSc1nnc(COc2cccc3ccccc23)n1-c1ccccc1)Nc1ccccc1[N+](=O)[O-]. The van der Waals surface area contributed by atoms with Crippen molar-refractivity contribution in [1.29, 1.82) is 0 Å². The molecule has 0 saturated carbocycles. The predicted octanol–water partition coefficient (Wildman–Crippen LogP) is 5.64. The third kappa shape index (κ3) is 5.44. The molecule has 5 rings (SSSR count). The number of rotatable bonds is 9. The molecule has 1 amide bonds. The van der Waals surface area contributed by atoms with Crippen LogP contribution in [0.25, 0.3) is 16.5 Å². The van der Waals surface area contributed by atoms with E-state index >= 15 is 0 Å². The standard InChI is InChI=1S/C27H21N5O4S/c33-26(28-22-14-6-7-15-23(22)32(34)35)18-37-27-30-29-25(31(27)20-11-2-1-3-12-20)17-36-24-16-8-10-19-9-4-5-13-21(19)24/h1-16H,17-18H2,(H,28,33). The molecule has 0 aliphatic carbocycles. The zero-order valence-electron chi connectivity index (χ0n) is 19.5. The Balaban J connectivity index is 1.35. The number of benzene rings is 4. The minimum atomic E-state index is -0.531. The molecule has 1 heterocycles. The van der Waals surface area contributed by atoms with E-state index in [1.807, 2.05) is 77.4 Å². The Morgan fingerprint density at radius 3 is 2.49 bits per heavy atom. The zero-order valence-corrected chi connectivity index (χ0v) is 20.3. The van der Waals surface area contributed by atoms with Crippen molar-refractivity contribution in [2.24, 2.45) is 0 Å². The van der Waals surface area contributed by atoms with Gasteiger partial charge in [0.1, 0.15) is 18.0 Å². The molecule has 5 aromatic rings. The average Bonchev–Trinajstić information content (AvgIpc) is 3.34. The van der Waals surface area contributed by atoms with Gasteiger partial charge < -0.3 is 10.1 Å². The summed E-state index contributed by atoms with van der Waals surface area (Å²) >= 11 is 1.18. The molecule has 0 radical (unpaired) electrons. The normalized spacial score (nSPS) is 10.8. The monoisotopic (exact) mass is 511 g/mol. The number of fused-ring (bicyclic) bond motifs is 1. The summed E-state index contributed by atoms with van der Waals surface area (Å²) < 4.78 is 7.99. The van der Waals surface area contributed by atoms with Crippen molar-refractivity contribution in [2.75, 3.05) is 11.1 Å². The third-order valence-electron chi connectivity index (χ3n) is 5.53. The van der Waals surface area contributed by atoms with Crippen LogP contribution in [0.3, 0.4) is 0 Å². The highest BCUT2D eigenvalue weighted by Crippen LogP contribution is 2.28. The van der Waals surface area contributed by atoms with Crippen molar-refractivity contribution in [3.63, 3.8) is 0 Å². The molecule has 1 aromatic heterocycles.